The zero-order valence-corrected chi connectivity index (χ0v) is 18.3. The number of nitrogens with two attached hydrogens (primary N) is 1. The summed E-state index contributed by atoms with van der Waals surface area (Å²) in [6.07, 6.45) is 13.0. The van der Waals surface area contributed by atoms with Gasteiger partial charge >= 0.3 is 0 Å². The van der Waals surface area contributed by atoms with Crippen LogP contribution in [0.15, 0.2) is 0 Å². The van der Waals surface area contributed by atoms with E-state index in [1.54, 1.807) is 0 Å². The van der Waals surface area contributed by atoms with Gasteiger partial charge in [-0.2, -0.15) is 0 Å². The van der Waals surface area contributed by atoms with Crippen molar-refractivity contribution >= 4 is 5.91 Å². The fraction of sp³-hybridized carbons (Fsp3) is 0.958. The van der Waals surface area contributed by atoms with E-state index < -0.39 is 0 Å². The van der Waals surface area contributed by atoms with Crippen LogP contribution in [0.2, 0.25) is 0 Å². The molecule has 0 unspecified atom stereocenters. The lowest BCUT2D eigenvalue weighted by Crippen LogP contribution is -2.54. The maximum Gasteiger partial charge on any atom is 0.233 e. The number of carbonyl (C=O) groups is 1. The molecule has 4 rings (SSSR count). The zero-order chi connectivity index (χ0) is 20.1. The van der Waals surface area contributed by atoms with E-state index in [1.165, 1.54) is 44.9 Å². The first-order chi connectivity index (χ1) is 13.3. The van der Waals surface area contributed by atoms with Gasteiger partial charge in [0.2, 0.25) is 5.91 Å². The van der Waals surface area contributed by atoms with E-state index in [1.807, 2.05) is 0 Å². The number of hydrazine groups is 1. The highest BCUT2D eigenvalue weighted by molar-refractivity contribution is 5.75. The maximum atomic E-state index is 11.6. The second kappa shape index (κ2) is 7.58. The Bertz CT molecular complexity index is 595. The summed E-state index contributed by atoms with van der Waals surface area (Å²) in [5.74, 6) is 9.97. The van der Waals surface area contributed by atoms with Crippen LogP contribution in [0.25, 0.3) is 0 Å². The molecule has 0 saturated heterocycles. The van der Waals surface area contributed by atoms with Crippen LogP contribution in [-0.2, 0) is 4.79 Å². The van der Waals surface area contributed by atoms with Gasteiger partial charge in [0.1, 0.15) is 0 Å². The standard InChI is InChI=1S/C24H42N2O2/c1-15(4-9-22(28)26-25)19-7-8-20-18-6-5-16-14-17(27)10-12-23(16,2)21(18)11-13-24(19,20)3/h15-21,27H,4-14,25H2,1-3H3,(H,26,28)/t15-,16-,17-,18+,19-,20+,21+,23+,24-/m1/s1. The van der Waals surface area contributed by atoms with Gasteiger partial charge in [0.15, 0.2) is 0 Å². The zero-order valence-electron chi connectivity index (χ0n) is 18.3. The van der Waals surface area contributed by atoms with Crippen molar-refractivity contribution in [2.24, 2.45) is 52.2 Å². The van der Waals surface area contributed by atoms with Crippen molar-refractivity contribution in [3.63, 3.8) is 0 Å². The highest BCUT2D eigenvalue weighted by Crippen LogP contribution is 2.68. The number of aliphatic hydroxyl groups is 1. The molecule has 0 aromatic rings. The topological polar surface area (TPSA) is 75.4 Å². The lowest BCUT2D eigenvalue weighted by molar-refractivity contribution is -0.129. The minimum absolute atomic E-state index is 0.0269. The first-order valence-corrected chi connectivity index (χ1v) is 12.0. The van der Waals surface area contributed by atoms with Crippen LogP contribution in [0, 0.1) is 46.3 Å². The van der Waals surface area contributed by atoms with Crippen LogP contribution in [-0.4, -0.2) is 17.1 Å². The summed E-state index contributed by atoms with van der Waals surface area (Å²) in [6.45, 7) is 7.53. The van der Waals surface area contributed by atoms with Crippen LogP contribution in [0.5, 0.6) is 0 Å². The van der Waals surface area contributed by atoms with Gasteiger partial charge in [-0.1, -0.05) is 20.8 Å². The van der Waals surface area contributed by atoms with Gasteiger partial charge in [-0.15, -0.1) is 0 Å². The molecule has 0 radical (unpaired) electrons. The van der Waals surface area contributed by atoms with Crippen LogP contribution in [0.1, 0.15) is 91.4 Å². The van der Waals surface area contributed by atoms with E-state index in [0.717, 1.165) is 48.9 Å². The molecule has 9 atom stereocenters. The van der Waals surface area contributed by atoms with Crippen LogP contribution in [0.4, 0.5) is 0 Å². The predicted molar refractivity (Wildman–Crippen MR) is 112 cm³/mol. The third-order valence-electron chi connectivity index (χ3n) is 10.4. The summed E-state index contributed by atoms with van der Waals surface area (Å²) in [5.41, 5.74) is 3.21. The molecule has 4 nitrogen and oxygen atoms in total. The van der Waals surface area contributed by atoms with E-state index in [-0.39, 0.29) is 12.0 Å². The predicted octanol–water partition coefficient (Wildman–Crippen LogP) is 4.41. The summed E-state index contributed by atoms with van der Waals surface area (Å²) >= 11 is 0. The minimum atomic E-state index is -0.0501. The van der Waals surface area contributed by atoms with Crippen molar-refractivity contribution in [2.45, 2.75) is 97.5 Å². The third-order valence-corrected chi connectivity index (χ3v) is 10.4. The normalized spacial score (nSPS) is 48.9. The lowest BCUT2D eigenvalue weighted by atomic mass is 9.44. The number of nitrogens with one attached hydrogen (secondary N) is 1. The molecule has 4 saturated carbocycles. The molecule has 0 aliphatic heterocycles. The molecule has 0 aromatic carbocycles. The van der Waals surface area contributed by atoms with E-state index in [9.17, 15) is 9.90 Å². The number of carbonyl (C=O) groups excluding carboxylic acids is 1. The van der Waals surface area contributed by atoms with Crippen LogP contribution in [0.3, 0.4) is 0 Å². The maximum absolute atomic E-state index is 11.6. The first-order valence-electron chi connectivity index (χ1n) is 12.0. The van der Waals surface area contributed by atoms with Gasteiger partial charge in [-0.25, -0.2) is 5.84 Å². The second-order valence-electron chi connectivity index (χ2n) is 11.4. The molecule has 4 heteroatoms. The van der Waals surface area contributed by atoms with Gasteiger partial charge in [0.25, 0.3) is 0 Å². The van der Waals surface area contributed by atoms with E-state index in [4.69, 9.17) is 5.84 Å². The Labute approximate surface area is 171 Å². The number of fused-ring (bicyclic) bond motifs is 5. The molecule has 4 aliphatic rings. The van der Waals surface area contributed by atoms with Crippen LogP contribution < -0.4 is 11.3 Å². The lowest BCUT2D eigenvalue weighted by Gasteiger charge is -2.61. The largest absolute Gasteiger partial charge is 0.393 e. The molecule has 4 N–H and O–H groups in total. The molecule has 28 heavy (non-hydrogen) atoms. The molecule has 0 spiro atoms. The van der Waals surface area contributed by atoms with Crippen molar-refractivity contribution in [1.29, 1.82) is 0 Å². The van der Waals surface area contributed by atoms with Crippen molar-refractivity contribution in [3.05, 3.63) is 0 Å². The van der Waals surface area contributed by atoms with Crippen molar-refractivity contribution in [3.8, 4) is 0 Å². The smallest absolute Gasteiger partial charge is 0.233 e. The SMILES string of the molecule is C[C@H](CCC(=O)NN)[C@H]1CC[C@H]2[C@@H]3CC[C@@H]4C[C@H](O)CC[C@]4(C)[C@H]3CC[C@]12C. The summed E-state index contributed by atoms with van der Waals surface area (Å²) in [7, 11) is 0. The number of rotatable bonds is 4. The minimum Gasteiger partial charge on any atom is -0.393 e. The molecular weight excluding hydrogens is 348 g/mol. The third kappa shape index (κ3) is 3.23. The summed E-state index contributed by atoms with van der Waals surface area (Å²) in [4.78, 5) is 11.6. The van der Waals surface area contributed by atoms with E-state index >= 15 is 0 Å². The quantitative estimate of drug-likeness (QED) is 0.378. The Hall–Kier alpha value is -0.610. The van der Waals surface area contributed by atoms with Gasteiger partial charge < -0.3 is 5.11 Å². The van der Waals surface area contributed by atoms with Gasteiger partial charge in [0, 0.05) is 6.42 Å². The molecule has 0 bridgehead atoms. The number of hydrogen-bond donors (Lipinski definition) is 3. The Morgan fingerprint density at radius 1 is 1.07 bits per heavy atom. The van der Waals surface area contributed by atoms with Crippen molar-refractivity contribution in [2.75, 3.05) is 0 Å². The molecule has 0 aromatic heterocycles. The Kier molecular flexibility index (Phi) is 5.59. The average molecular weight is 391 g/mol. The second-order valence-corrected chi connectivity index (χ2v) is 11.4. The summed E-state index contributed by atoms with van der Waals surface area (Å²) in [5, 5.41) is 10.2. The Morgan fingerprint density at radius 2 is 1.79 bits per heavy atom. The Balaban J connectivity index is 1.48. The van der Waals surface area contributed by atoms with E-state index in [2.05, 4.69) is 26.2 Å². The fourth-order valence-corrected chi connectivity index (χ4v) is 8.84. The molecular formula is C24H42N2O2. The molecule has 1 amide bonds. The molecule has 4 aliphatic carbocycles. The van der Waals surface area contributed by atoms with E-state index in [0.29, 0.717) is 23.2 Å². The van der Waals surface area contributed by atoms with Crippen LogP contribution >= 0.6 is 0 Å². The van der Waals surface area contributed by atoms with Crippen molar-refractivity contribution < 1.29 is 9.90 Å². The first kappa shape index (κ1) is 20.7. The van der Waals surface area contributed by atoms with Gasteiger partial charge in [-0.3, -0.25) is 10.2 Å². The monoisotopic (exact) mass is 390 g/mol. The fourth-order valence-electron chi connectivity index (χ4n) is 8.84. The number of hydrogen-bond acceptors (Lipinski definition) is 3. The molecule has 4 fully saturated rings. The van der Waals surface area contributed by atoms with Crippen molar-refractivity contribution in [1.82, 2.24) is 5.43 Å². The Morgan fingerprint density at radius 3 is 2.54 bits per heavy atom. The highest BCUT2D eigenvalue weighted by atomic mass is 16.3. The highest BCUT2D eigenvalue weighted by Gasteiger charge is 2.60. The van der Waals surface area contributed by atoms with Gasteiger partial charge in [-0.05, 0) is 111 Å². The summed E-state index contributed by atoms with van der Waals surface area (Å²) < 4.78 is 0. The average Bonchev–Trinajstić information content (AvgIpc) is 3.03. The molecule has 160 valence electrons. The number of amides is 1. The van der Waals surface area contributed by atoms with Gasteiger partial charge in [0.05, 0.1) is 6.10 Å². The summed E-state index contributed by atoms with van der Waals surface area (Å²) in [6, 6.07) is 0. The molecule has 0 heterocycles. The number of aliphatic hydroxyl groups excluding tert-OH is 1.